The lowest BCUT2D eigenvalue weighted by Crippen LogP contribution is -2.44. The normalized spacial score (nSPS) is 33.4. The molecular weight excluding hydrogens is 234 g/mol. The van der Waals surface area contributed by atoms with Crippen LogP contribution in [0.15, 0.2) is 5.10 Å². The topological polar surface area (TPSA) is 69.2 Å². The molecule has 3 aliphatic rings. The van der Waals surface area contributed by atoms with Crippen molar-refractivity contribution in [3.8, 4) is 0 Å². The van der Waals surface area contributed by atoms with Crippen LogP contribution in [0.4, 0.5) is 4.79 Å². The van der Waals surface area contributed by atoms with Crippen molar-refractivity contribution in [2.45, 2.75) is 32.4 Å². The molecule has 0 aromatic rings. The minimum absolute atomic E-state index is 0.199. The molecule has 1 aliphatic carbocycles. The number of carbonyl (C=O) groups is 1. The Labute approximate surface area is 106 Å². The van der Waals surface area contributed by atoms with E-state index in [4.69, 9.17) is 4.74 Å². The number of fused-ring (bicyclic) bond motifs is 1. The van der Waals surface area contributed by atoms with Gasteiger partial charge in [-0.05, 0) is 20.8 Å². The Morgan fingerprint density at radius 1 is 1.39 bits per heavy atom. The highest BCUT2D eigenvalue weighted by molar-refractivity contribution is 5.69. The average Bonchev–Trinajstić information content (AvgIpc) is 2.76. The standard InChI is InChI=1S/C11H19N5O2/c1-11(2,3)18-10(17)15-4-7-8(5-15)9(7)16-6-12-13-14-16/h6-9,13-14H,4-5H2,1-3H3. The number of hydrogen-bond donors (Lipinski definition) is 2. The number of amides is 1. The first-order valence-electron chi connectivity index (χ1n) is 6.26. The number of hydrogen-bond acceptors (Lipinski definition) is 6. The van der Waals surface area contributed by atoms with Crippen molar-refractivity contribution >= 4 is 12.4 Å². The zero-order chi connectivity index (χ0) is 12.9. The summed E-state index contributed by atoms with van der Waals surface area (Å²) in [6.45, 7) is 7.22. The first kappa shape index (κ1) is 11.6. The molecule has 7 nitrogen and oxygen atoms in total. The summed E-state index contributed by atoms with van der Waals surface area (Å²) in [7, 11) is 0. The van der Waals surface area contributed by atoms with Crippen molar-refractivity contribution in [2.75, 3.05) is 13.1 Å². The fraction of sp³-hybridized carbons (Fsp3) is 0.818. The number of nitrogens with zero attached hydrogens (tertiary/aromatic N) is 3. The molecule has 1 saturated heterocycles. The molecular formula is C11H19N5O2. The van der Waals surface area contributed by atoms with Crippen molar-refractivity contribution in [2.24, 2.45) is 16.9 Å². The third-order valence-corrected chi connectivity index (χ3v) is 3.55. The maximum Gasteiger partial charge on any atom is 0.410 e. The molecule has 3 rings (SSSR count). The Morgan fingerprint density at radius 2 is 2.06 bits per heavy atom. The minimum atomic E-state index is -0.420. The zero-order valence-corrected chi connectivity index (χ0v) is 10.9. The van der Waals surface area contributed by atoms with Gasteiger partial charge in [0.25, 0.3) is 0 Å². The van der Waals surface area contributed by atoms with Crippen LogP contribution < -0.4 is 11.1 Å². The lowest BCUT2D eigenvalue weighted by molar-refractivity contribution is 0.0259. The minimum Gasteiger partial charge on any atom is -0.444 e. The van der Waals surface area contributed by atoms with Crippen LogP contribution in [0.3, 0.4) is 0 Å². The molecule has 2 atom stereocenters. The van der Waals surface area contributed by atoms with E-state index in [0.717, 1.165) is 13.1 Å². The van der Waals surface area contributed by atoms with Crippen LogP contribution in [-0.2, 0) is 4.74 Å². The molecule has 7 heteroatoms. The number of carbonyl (C=O) groups excluding carboxylic acids is 1. The number of nitrogens with one attached hydrogen (secondary N) is 2. The summed E-state index contributed by atoms with van der Waals surface area (Å²) in [4.78, 5) is 13.7. The van der Waals surface area contributed by atoms with Gasteiger partial charge >= 0.3 is 6.09 Å². The Bertz CT molecular complexity index is 379. The van der Waals surface area contributed by atoms with E-state index < -0.39 is 5.60 Å². The molecule has 0 bridgehead atoms. The predicted octanol–water partition coefficient (Wildman–Crippen LogP) is 0.120. The molecule has 2 unspecified atom stereocenters. The highest BCUT2D eigenvalue weighted by Gasteiger charge is 2.60. The Morgan fingerprint density at radius 3 is 2.56 bits per heavy atom. The fourth-order valence-corrected chi connectivity index (χ4v) is 2.74. The van der Waals surface area contributed by atoms with Gasteiger partial charge in [0, 0.05) is 24.9 Å². The van der Waals surface area contributed by atoms with E-state index >= 15 is 0 Å². The van der Waals surface area contributed by atoms with Gasteiger partial charge in [-0.3, -0.25) is 5.01 Å². The van der Waals surface area contributed by atoms with Gasteiger partial charge < -0.3 is 9.64 Å². The van der Waals surface area contributed by atoms with Crippen LogP contribution in [0.25, 0.3) is 0 Å². The molecule has 0 aromatic heterocycles. The summed E-state index contributed by atoms with van der Waals surface area (Å²) in [5.74, 6) is 1.05. The fourth-order valence-electron chi connectivity index (χ4n) is 2.74. The monoisotopic (exact) mass is 253 g/mol. The van der Waals surface area contributed by atoms with Gasteiger partial charge in [-0.2, -0.15) is 5.10 Å². The molecule has 2 N–H and O–H groups in total. The van der Waals surface area contributed by atoms with E-state index in [9.17, 15) is 4.79 Å². The van der Waals surface area contributed by atoms with Gasteiger partial charge in [-0.15, -0.1) is 5.53 Å². The molecule has 2 aliphatic heterocycles. The molecule has 100 valence electrons. The van der Waals surface area contributed by atoms with E-state index in [0.29, 0.717) is 17.9 Å². The smallest absolute Gasteiger partial charge is 0.410 e. The number of likely N-dealkylation sites (tertiary alicyclic amines) is 1. The van der Waals surface area contributed by atoms with Gasteiger partial charge in [0.1, 0.15) is 11.9 Å². The number of piperidine rings is 1. The van der Waals surface area contributed by atoms with Gasteiger partial charge in [0.05, 0.1) is 6.04 Å². The van der Waals surface area contributed by atoms with E-state index in [1.807, 2.05) is 25.8 Å². The van der Waals surface area contributed by atoms with Crippen LogP contribution in [0.2, 0.25) is 0 Å². The van der Waals surface area contributed by atoms with Crippen molar-refractivity contribution in [1.29, 1.82) is 0 Å². The van der Waals surface area contributed by atoms with Crippen LogP contribution in [0.1, 0.15) is 20.8 Å². The number of ether oxygens (including phenoxy) is 1. The summed E-state index contributed by atoms with van der Waals surface area (Å²) >= 11 is 0. The average molecular weight is 253 g/mol. The predicted molar refractivity (Wildman–Crippen MR) is 65.2 cm³/mol. The number of hydrazone groups is 1. The van der Waals surface area contributed by atoms with Crippen molar-refractivity contribution in [1.82, 2.24) is 21.0 Å². The first-order chi connectivity index (χ1) is 8.46. The molecule has 0 aromatic carbocycles. The zero-order valence-electron chi connectivity index (χ0n) is 10.9. The maximum absolute atomic E-state index is 11.9. The molecule has 0 radical (unpaired) electrons. The summed E-state index contributed by atoms with van der Waals surface area (Å²) < 4.78 is 5.37. The van der Waals surface area contributed by atoms with Crippen LogP contribution in [-0.4, -0.2) is 47.1 Å². The highest BCUT2D eigenvalue weighted by Crippen LogP contribution is 2.48. The van der Waals surface area contributed by atoms with E-state index in [1.165, 1.54) is 0 Å². The number of hydrazine groups is 2. The van der Waals surface area contributed by atoms with E-state index in [1.54, 1.807) is 11.2 Å². The maximum atomic E-state index is 11.9. The van der Waals surface area contributed by atoms with Gasteiger partial charge in [0.15, 0.2) is 0 Å². The molecule has 0 spiro atoms. The summed E-state index contributed by atoms with van der Waals surface area (Å²) in [5.41, 5.74) is 5.22. The second kappa shape index (κ2) is 3.74. The SMILES string of the molecule is CC(C)(C)OC(=O)N1CC2C(C1)C2N1C=NNN1. The lowest BCUT2D eigenvalue weighted by Gasteiger charge is -2.26. The van der Waals surface area contributed by atoms with Crippen LogP contribution in [0, 0.1) is 11.8 Å². The Balaban J connectivity index is 1.51. The second-order valence-electron chi connectivity index (χ2n) is 6.08. The Hall–Kier alpha value is -1.50. The summed E-state index contributed by atoms with van der Waals surface area (Å²) in [6.07, 6.45) is 1.55. The molecule has 1 amide bonds. The summed E-state index contributed by atoms with van der Waals surface area (Å²) in [5, 5.41) is 5.86. The second-order valence-corrected chi connectivity index (χ2v) is 6.08. The Kier molecular flexibility index (Phi) is 2.41. The summed E-state index contributed by atoms with van der Waals surface area (Å²) in [6, 6.07) is 0.447. The van der Waals surface area contributed by atoms with Gasteiger partial charge in [0.2, 0.25) is 0 Å². The van der Waals surface area contributed by atoms with Crippen LogP contribution >= 0.6 is 0 Å². The number of rotatable bonds is 1. The van der Waals surface area contributed by atoms with Crippen molar-refractivity contribution in [3.63, 3.8) is 0 Å². The third kappa shape index (κ3) is 1.98. The largest absolute Gasteiger partial charge is 0.444 e. The van der Waals surface area contributed by atoms with E-state index in [2.05, 4.69) is 16.2 Å². The molecule has 2 fully saturated rings. The lowest BCUT2D eigenvalue weighted by atomic mass is 10.2. The van der Waals surface area contributed by atoms with Gasteiger partial charge in [-0.1, -0.05) is 0 Å². The van der Waals surface area contributed by atoms with Crippen molar-refractivity contribution in [3.05, 3.63) is 0 Å². The first-order valence-corrected chi connectivity index (χ1v) is 6.26. The van der Waals surface area contributed by atoms with E-state index in [-0.39, 0.29) is 6.09 Å². The van der Waals surface area contributed by atoms with Crippen LogP contribution in [0.5, 0.6) is 0 Å². The third-order valence-electron chi connectivity index (χ3n) is 3.55. The highest BCUT2D eigenvalue weighted by atomic mass is 16.6. The molecule has 2 heterocycles. The molecule has 1 saturated carbocycles. The quantitative estimate of drug-likeness (QED) is 0.694. The molecule has 18 heavy (non-hydrogen) atoms. The van der Waals surface area contributed by atoms with Crippen molar-refractivity contribution < 1.29 is 9.53 Å². The van der Waals surface area contributed by atoms with Gasteiger partial charge in [-0.25, -0.2) is 10.3 Å².